The zero-order valence-electron chi connectivity index (χ0n) is 15.2. The minimum Gasteiger partial charge on any atom is -0.495 e. The molecule has 26 heavy (non-hydrogen) atoms. The third kappa shape index (κ3) is 2.56. The number of hydrogen-bond acceptors (Lipinski definition) is 4. The molecule has 0 saturated heterocycles. The maximum atomic E-state index is 12.2. The summed E-state index contributed by atoms with van der Waals surface area (Å²) >= 11 is 4.56. The number of fused-ring (bicyclic) bond motifs is 2. The molecule has 0 fully saturated rings. The van der Waals surface area contributed by atoms with E-state index in [-0.39, 0.29) is 5.91 Å². The first-order chi connectivity index (χ1) is 12.3. The SMILES string of the molecule is COc1c(-c2nc3cc4c(cc3[nH]2)CC(C)(C)C(=O)N4)ccc(C)c1S. The van der Waals surface area contributed by atoms with Gasteiger partial charge in [-0.1, -0.05) is 19.9 Å². The number of nitrogens with one attached hydrogen (secondary N) is 2. The van der Waals surface area contributed by atoms with Crippen LogP contribution in [-0.4, -0.2) is 23.0 Å². The lowest BCUT2D eigenvalue weighted by Crippen LogP contribution is -2.36. The second-order valence-electron chi connectivity index (χ2n) is 7.44. The van der Waals surface area contributed by atoms with Crippen molar-refractivity contribution in [2.45, 2.75) is 32.1 Å². The van der Waals surface area contributed by atoms with E-state index >= 15 is 0 Å². The number of ether oxygens (including phenoxy) is 1. The van der Waals surface area contributed by atoms with Crippen LogP contribution in [0.1, 0.15) is 25.0 Å². The average Bonchev–Trinajstić information content (AvgIpc) is 2.98. The first-order valence-corrected chi connectivity index (χ1v) is 8.96. The maximum absolute atomic E-state index is 12.2. The zero-order chi connectivity index (χ0) is 18.6. The number of carbonyl (C=O) groups excluding carboxylic acids is 1. The van der Waals surface area contributed by atoms with Gasteiger partial charge in [0.25, 0.3) is 0 Å². The summed E-state index contributed by atoms with van der Waals surface area (Å²) in [5, 5.41) is 3.00. The predicted octanol–water partition coefficient (Wildman–Crippen LogP) is 4.36. The van der Waals surface area contributed by atoms with Gasteiger partial charge < -0.3 is 15.0 Å². The minimum absolute atomic E-state index is 0.0417. The third-order valence-electron chi connectivity index (χ3n) is 4.99. The fourth-order valence-corrected chi connectivity index (χ4v) is 3.69. The van der Waals surface area contributed by atoms with E-state index in [2.05, 4.69) is 29.0 Å². The van der Waals surface area contributed by atoms with E-state index in [0.29, 0.717) is 12.2 Å². The van der Waals surface area contributed by atoms with E-state index in [4.69, 9.17) is 9.72 Å². The van der Waals surface area contributed by atoms with Crippen LogP contribution >= 0.6 is 12.6 Å². The Morgan fingerprint density at radius 2 is 2.04 bits per heavy atom. The molecule has 0 aliphatic carbocycles. The van der Waals surface area contributed by atoms with Crippen LogP contribution in [0.5, 0.6) is 5.75 Å². The normalized spacial score (nSPS) is 15.7. The lowest BCUT2D eigenvalue weighted by molar-refractivity contribution is -0.124. The summed E-state index contributed by atoms with van der Waals surface area (Å²) in [5.74, 6) is 1.46. The van der Waals surface area contributed by atoms with Gasteiger partial charge in [-0.25, -0.2) is 4.98 Å². The average molecular weight is 367 g/mol. The van der Waals surface area contributed by atoms with Crippen molar-refractivity contribution in [3.05, 3.63) is 35.4 Å². The number of amides is 1. The summed E-state index contributed by atoms with van der Waals surface area (Å²) in [5.41, 5.74) is 5.20. The van der Waals surface area contributed by atoms with Crippen molar-refractivity contribution in [2.24, 2.45) is 5.41 Å². The molecule has 2 N–H and O–H groups in total. The van der Waals surface area contributed by atoms with Crippen molar-refractivity contribution in [1.82, 2.24) is 9.97 Å². The molecule has 1 aliphatic rings. The first-order valence-electron chi connectivity index (χ1n) is 8.51. The summed E-state index contributed by atoms with van der Waals surface area (Å²) in [7, 11) is 1.64. The van der Waals surface area contributed by atoms with E-state index in [9.17, 15) is 4.79 Å². The summed E-state index contributed by atoms with van der Waals surface area (Å²) in [6.07, 6.45) is 0.701. The van der Waals surface area contributed by atoms with Crippen molar-refractivity contribution >= 4 is 35.3 Å². The molecule has 0 spiro atoms. The smallest absolute Gasteiger partial charge is 0.230 e. The Morgan fingerprint density at radius 3 is 2.77 bits per heavy atom. The van der Waals surface area contributed by atoms with E-state index in [1.807, 2.05) is 39.0 Å². The van der Waals surface area contributed by atoms with Gasteiger partial charge in [-0.05, 0) is 42.7 Å². The molecule has 0 bridgehead atoms. The molecular weight excluding hydrogens is 346 g/mol. The number of anilines is 1. The molecule has 2 heterocycles. The van der Waals surface area contributed by atoms with Gasteiger partial charge in [0.05, 0.1) is 23.7 Å². The Balaban J connectivity index is 1.86. The molecule has 134 valence electrons. The number of H-pyrrole nitrogens is 1. The Bertz CT molecular complexity index is 1050. The number of thiol groups is 1. The number of nitrogens with zero attached hydrogens (tertiary/aromatic N) is 1. The van der Waals surface area contributed by atoms with Crippen molar-refractivity contribution in [3.63, 3.8) is 0 Å². The lowest BCUT2D eigenvalue weighted by atomic mass is 9.81. The van der Waals surface area contributed by atoms with Gasteiger partial charge in [0.1, 0.15) is 11.6 Å². The van der Waals surface area contributed by atoms with Crippen LogP contribution < -0.4 is 10.1 Å². The van der Waals surface area contributed by atoms with E-state index in [1.165, 1.54) is 0 Å². The van der Waals surface area contributed by atoms with Crippen molar-refractivity contribution < 1.29 is 9.53 Å². The van der Waals surface area contributed by atoms with Crippen LogP contribution in [0, 0.1) is 12.3 Å². The number of rotatable bonds is 2. The number of imidazole rings is 1. The summed E-state index contributed by atoms with van der Waals surface area (Å²) in [4.78, 5) is 21.1. The molecule has 3 aromatic rings. The summed E-state index contributed by atoms with van der Waals surface area (Å²) in [6, 6.07) is 7.99. The lowest BCUT2D eigenvalue weighted by Gasteiger charge is -2.30. The number of methoxy groups -OCH3 is 1. The largest absolute Gasteiger partial charge is 0.495 e. The number of aromatic nitrogens is 2. The number of benzene rings is 2. The summed E-state index contributed by atoms with van der Waals surface area (Å²) in [6.45, 7) is 5.91. The predicted molar refractivity (Wildman–Crippen MR) is 106 cm³/mol. The summed E-state index contributed by atoms with van der Waals surface area (Å²) < 4.78 is 5.56. The topological polar surface area (TPSA) is 67.0 Å². The molecule has 4 rings (SSSR count). The van der Waals surface area contributed by atoms with Crippen molar-refractivity contribution in [1.29, 1.82) is 0 Å². The number of carbonyl (C=O) groups is 1. The van der Waals surface area contributed by atoms with Gasteiger partial charge in [-0.2, -0.15) is 0 Å². The minimum atomic E-state index is -0.412. The maximum Gasteiger partial charge on any atom is 0.230 e. The molecule has 2 aromatic carbocycles. The second kappa shape index (κ2) is 5.77. The number of aromatic amines is 1. The Hall–Kier alpha value is -2.47. The highest BCUT2D eigenvalue weighted by Crippen LogP contribution is 2.39. The quantitative estimate of drug-likeness (QED) is 0.590. The van der Waals surface area contributed by atoms with Gasteiger partial charge in [0.15, 0.2) is 0 Å². The molecule has 1 aliphatic heterocycles. The molecule has 5 nitrogen and oxygen atoms in total. The van der Waals surface area contributed by atoms with Crippen LogP contribution in [0.25, 0.3) is 22.4 Å². The first kappa shape index (κ1) is 17.0. The third-order valence-corrected chi connectivity index (χ3v) is 5.55. The molecular formula is C20H21N3O2S. The van der Waals surface area contributed by atoms with Crippen LogP contribution in [0.2, 0.25) is 0 Å². The Kier molecular flexibility index (Phi) is 3.77. The van der Waals surface area contributed by atoms with Gasteiger partial charge in [0.2, 0.25) is 5.91 Å². The molecule has 0 atom stereocenters. The van der Waals surface area contributed by atoms with Crippen LogP contribution in [0.4, 0.5) is 5.69 Å². The number of aryl methyl sites for hydroxylation is 1. The van der Waals surface area contributed by atoms with E-state index in [0.717, 1.165) is 44.1 Å². The molecule has 0 unspecified atom stereocenters. The number of hydrogen-bond donors (Lipinski definition) is 3. The van der Waals surface area contributed by atoms with Gasteiger partial charge in [0, 0.05) is 16.0 Å². The van der Waals surface area contributed by atoms with Crippen LogP contribution in [0.3, 0.4) is 0 Å². The molecule has 1 aromatic heterocycles. The molecule has 0 saturated carbocycles. The molecule has 1 amide bonds. The highest BCUT2D eigenvalue weighted by molar-refractivity contribution is 7.80. The highest BCUT2D eigenvalue weighted by Gasteiger charge is 2.33. The van der Waals surface area contributed by atoms with Crippen molar-refractivity contribution in [2.75, 3.05) is 12.4 Å². The second-order valence-corrected chi connectivity index (χ2v) is 7.89. The zero-order valence-corrected chi connectivity index (χ0v) is 16.1. The Labute approximate surface area is 157 Å². The highest BCUT2D eigenvalue weighted by atomic mass is 32.1. The van der Waals surface area contributed by atoms with Gasteiger partial charge >= 0.3 is 0 Å². The fourth-order valence-electron chi connectivity index (χ4n) is 3.40. The van der Waals surface area contributed by atoms with E-state index < -0.39 is 5.41 Å². The monoisotopic (exact) mass is 367 g/mol. The van der Waals surface area contributed by atoms with Crippen LogP contribution in [0.15, 0.2) is 29.2 Å². The Morgan fingerprint density at radius 1 is 1.27 bits per heavy atom. The van der Waals surface area contributed by atoms with Crippen molar-refractivity contribution in [3.8, 4) is 17.1 Å². The fraction of sp³-hybridized carbons (Fsp3) is 0.300. The standard InChI is InChI=1S/C20H21N3O2S/c1-10-5-6-12(16(25-4)17(10)26)18-21-14-7-11-9-20(2,3)19(24)23-13(11)8-15(14)22-18/h5-8,26H,9H2,1-4H3,(H,21,22)(H,23,24). The molecule has 0 radical (unpaired) electrons. The van der Waals surface area contributed by atoms with E-state index in [1.54, 1.807) is 7.11 Å². The van der Waals surface area contributed by atoms with Gasteiger partial charge in [-0.3, -0.25) is 4.79 Å². The molecule has 6 heteroatoms. The van der Waals surface area contributed by atoms with Crippen LogP contribution in [-0.2, 0) is 11.2 Å². The van der Waals surface area contributed by atoms with Gasteiger partial charge in [-0.15, -0.1) is 12.6 Å².